The van der Waals surface area contributed by atoms with Gasteiger partial charge in [0.15, 0.2) is 0 Å². The third-order valence-electron chi connectivity index (χ3n) is 3.05. The predicted molar refractivity (Wildman–Crippen MR) is 84.7 cm³/mol. The van der Waals surface area contributed by atoms with Gasteiger partial charge in [-0.3, -0.25) is 9.78 Å². The van der Waals surface area contributed by atoms with Crippen LogP contribution in [-0.2, 0) is 0 Å². The lowest BCUT2D eigenvalue weighted by molar-refractivity contribution is 0.0955. The standard InChI is InChI=1S/C16H18N4O/c1-12(14-5-4-10-17-11-14)18-19-16(21)13-6-8-15(9-7-13)20(2)3/h4-11H,1-3H3,(H,19,21)/b18-12-. The molecule has 1 aromatic carbocycles. The van der Waals surface area contributed by atoms with E-state index in [1.165, 1.54) is 0 Å². The fraction of sp³-hybridized carbons (Fsp3) is 0.188. The molecule has 5 nitrogen and oxygen atoms in total. The first-order valence-electron chi connectivity index (χ1n) is 6.60. The number of nitrogens with zero attached hydrogens (tertiary/aromatic N) is 3. The van der Waals surface area contributed by atoms with Gasteiger partial charge in [0, 0.05) is 43.3 Å². The van der Waals surface area contributed by atoms with Gasteiger partial charge in [-0.2, -0.15) is 5.10 Å². The number of carbonyl (C=O) groups excluding carboxylic acids is 1. The third kappa shape index (κ3) is 3.89. The summed E-state index contributed by atoms with van der Waals surface area (Å²) in [7, 11) is 3.91. The van der Waals surface area contributed by atoms with Crippen LogP contribution in [0.3, 0.4) is 0 Å². The molecular weight excluding hydrogens is 264 g/mol. The number of aromatic nitrogens is 1. The molecule has 0 aliphatic carbocycles. The van der Waals surface area contributed by atoms with Crippen molar-refractivity contribution in [3.8, 4) is 0 Å². The van der Waals surface area contributed by atoms with E-state index in [0.29, 0.717) is 11.3 Å². The Morgan fingerprint density at radius 3 is 2.43 bits per heavy atom. The summed E-state index contributed by atoms with van der Waals surface area (Å²) < 4.78 is 0. The van der Waals surface area contributed by atoms with Crippen molar-refractivity contribution in [2.45, 2.75) is 6.92 Å². The third-order valence-corrected chi connectivity index (χ3v) is 3.05. The number of hydrazone groups is 1. The molecule has 1 aromatic heterocycles. The number of rotatable bonds is 4. The van der Waals surface area contributed by atoms with E-state index in [4.69, 9.17) is 0 Å². The highest BCUT2D eigenvalue weighted by molar-refractivity contribution is 6.00. The van der Waals surface area contributed by atoms with E-state index in [1.807, 2.05) is 50.2 Å². The molecule has 5 heteroatoms. The van der Waals surface area contributed by atoms with Gasteiger partial charge in [-0.05, 0) is 37.3 Å². The predicted octanol–water partition coefficient (Wildman–Crippen LogP) is 2.30. The Hall–Kier alpha value is -2.69. The van der Waals surface area contributed by atoms with Crippen molar-refractivity contribution >= 4 is 17.3 Å². The van der Waals surface area contributed by atoms with E-state index in [9.17, 15) is 4.79 Å². The van der Waals surface area contributed by atoms with Gasteiger partial charge in [0.25, 0.3) is 5.91 Å². The van der Waals surface area contributed by atoms with Gasteiger partial charge in [0.05, 0.1) is 5.71 Å². The molecule has 0 aliphatic heterocycles. The molecule has 0 saturated carbocycles. The van der Waals surface area contributed by atoms with Gasteiger partial charge in [0.1, 0.15) is 0 Å². The summed E-state index contributed by atoms with van der Waals surface area (Å²) in [6, 6.07) is 11.1. The largest absolute Gasteiger partial charge is 0.378 e. The molecular formula is C16H18N4O. The fourth-order valence-electron chi connectivity index (χ4n) is 1.75. The summed E-state index contributed by atoms with van der Waals surface area (Å²) in [4.78, 5) is 18.0. The normalized spacial score (nSPS) is 11.1. The maximum absolute atomic E-state index is 12.0. The van der Waals surface area contributed by atoms with Gasteiger partial charge in [-0.25, -0.2) is 5.43 Å². The lowest BCUT2D eigenvalue weighted by Gasteiger charge is -2.12. The smallest absolute Gasteiger partial charge is 0.271 e. The first kappa shape index (κ1) is 14.7. The highest BCUT2D eigenvalue weighted by Crippen LogP contribution is 2.12. The van der Waals surface area contributed by atoms with Gasteiger partial charge in [0.2, 0.25) is 0 Å². The van der Waals surface area contributed by atoms with Crippen molar-refractivity contribution in [3.63, 3.8) is 0 Å². The molecule has 0 unspecified atom stereocenters. The van der Waals surface area contributed by atoms with Gasteiger partial charge in [-0.15, -0.1) is 0 Å². The van der Waals surface area contributed by atoms with Gasteiger partial charge >= 0.3 is 0 Å². The minimum absolute atomic E-state index is 0.233. The van der Waals surface area contributed by atoms with Gasteiger partial charge in [-0.1, -0.05) is 6.07 Å². The zero-order valence-electron chi connectivity index (χ0n) is 12.4. The van der Waals surface area contributed by atoms with E-state index in [2.05, 4.69) is 15.5 Å². The van der Waals surface area contributed by atoms with E-state index >= 15 is 0 Å². The van der Waals surface area contributed by atoms with Crippen molar-refractivity contribution in [1.29, 1.82) is 0 Å². The van der Waals surface area contributed by atoms with Crippen LogP contribution in [-0.4, -0.2) is 30.7 Å². The van der Waals surface area contributed by atoms with Crippen molar-refractivity contribution in [3.05, 3.63) is 59.9 Å². The topological polar surface area (TPSA) is 57.6 Å². The minimum Gasteiger partial charge on any atom is -0.378 e. The second-order valence-corrected chi connectivity index (χ2v) is 4.82. The summed E-state index contributed by atoms with van der Waals surface area (Å²) in [5.41, 5.74) is 5.75. The number of anilines is 1. The highest BCUT2D eigenvalue weighted by Gasteiger charge is 2.05. The van der Waals surface area contributed by atoms with E-state index in [-0.39, 0.29) is 5.91 Å². The second kappa shape index (κ2) is 6.65. The van der Waals surface area contributed by atoms with Crippen LogP contribution < -0.4 is 10.3 Å². The van der Waals surface area contributed by atoms with Crippen LogP contribution in [0.15, 0.2) is 53.9 Å². The lowest BCUT2D eigenvalue weighted by atomic mass is 10.2. The van der Waals surface area contributed by atoms with Crippen molar-refractivity contribution < 1.29 is 4.79 Å². The number of pyridine rings is 1. The molecule has 0 aliphatic rings. The number of benzene rings is 1. The molecule has 1 heterocycles. The van der Waals surface area contributed by atoms with E-state index in [1.54, 1.807) is 24.5 Å². The fourth-order valence-corrected chi connectivity index (χ4v) is 1.75. The number of nitrogens with one attached hydrogen (secondary N) is 1. The molecule has 0 radical (unpaired) electrons. The number of hydrogen-bond acceptors (Lipinski definition) is 4. The van der Waals surface area contributed by atoms with Crippen molar-refractivity contribution in [2.24, 2.45) is 5.10 Å². The van der Waals surface area contributed by atoms with Crippen molar-refractivity contribution in [2.75, 3.05) is 19.0 Å². The Kier molecular flexibility index (Phi) is 4.66. The first-order chi connectivity index (χ1) is 10.1. The molecule has 0 atom stereocenters. The Balaban J connectivity index is 2.04. The summed E-state index contributed by atoms with van der Waals surface area (Å²) in [5.74, 6) is -0.233. The van der Waals surface area contributed by atoms with E-state index in [0.717, 1.165) is 11.3 Å². The average Bonchev–Trinajstić information content (AvgIpc) is 2.53. The maximum Gasteiger partial charge on any atom is 0.271 e. The Morgan fingerprint density at radius 2 is 1.86 bits per heavy atom. The molecule has 21 heavy (non-hydrogen) atoms. The van der Waals surface area contributed by atoms with Crippen LogP contribution >= 0.6 is 0 Å². The molecule has 108 valence electrons. The summed E-state index contributed by atoms with van der Waals surface area (Å²) >= 11 is 0. The second-order valence-electron chi connectivity index (χ2n) is 4.82. The molecule has 2 aromatic rings. The molecule has 0 saturated heterocycles. The molecule has 1 amide bonds. The SMILES string of the molecule is C/C(=N/NC(=O)c1ccc(N(C)C)cc1)c1cccnc1. The minimum atomic E-state index is -0.233. The maximum atomic E-state index is 12.0. The quantitative estimate of drug-likeness (QED) is 0.691. The summed E-state index contributed by atoms with van der Waals surface area (Å²) in [6.45, 7) is 1.83. The van der Waals surface area contributed by atoms with Crippen LogP contribution in [0.25, 0.3) is 0 Å². The average molecular weight is 282 g/mol. The van der Waals surface area contributed by atoms with E-state index < -0.39 is 0 Å². The Bertz CT molecular complexity index is 633. The van der Waals surface area contributed by atoms with Crippen LogP contribution in [0, 0.1) is 0 Å². The Morgan fingerprint density at radius 1 is 1.14 bits per heavy atom. The first-order valence-corrected chi connectivity index (χ1v) is 6.60. The number of hydrogen-bond donors (Lipinski definition) is 1. The zero-order valence-corrected chi connectivity index (χ0v) is 12.4. The van der Waals surface area contributed by atoms with Crippen LogP contribution in [0.1, 0.15) is 22.8 Å². The Labute approximate surface area is 124 Å². The highest BCUT2D eigenvalue weighted by atomic mass is 16.2. The number of amides is 1. The summed E-state index contributed by atoms with van der Waals surface area (Å²) in [5, 5.41) is 4.09. The number of carbonyl (C=O) groups is 1. The molecule has 0 bridgehead atoms. The van der Waals surface area contributed by atoms with Crippen LogP contribution in [0.5, 0.6) is 0 Å². The van der Waals surface area contributed by atoms with Crippen LogP contribution in [0.2, 0.25) is 0 Å². The molecule has 0 spiro atoms. The summed E-state index contributed by atoms with van der Waals surface area (Å²) in [6.07, 6.45) is 3.40. The zero-order chi connectivity index (χ0) is 15.2. The molecule has 1 N–H and O–H groups in total. The monoisotopic (exact) mass is 282 g/mol. The molecule has 2 rings (SSSR count). The van der Waals surface area contributed by atoms with Gasteiger partial charge < -0.3 is 4.90 Å². The van der Waals surface area contributed by atoms with Crippen LogP contribution in [0.4, 0.5) is 5.69 Å². The lowest BCUT2D eigenvalue weighted by Crippen LogP contribution is -2.19. The molecule has 0 fully saturated rings. The van der Waals surface area contributed by atoms with Crippen molar-refractivity contribution in [1.82, 2.24) is 10.4 Å².